The maximum Gasteiger partial charge on any atom is 0.258 e. The molecule has 24 heavy (non-hydrogen) atoms. The molecule has 0 fully saturated rings. The number of aryl methyl sites for hydroxylation is 2. The van der Waals surface area contributed by atoms with E-state index in [4.69, 9.17) is 9.05 Å². The van der Waals surface area contributed by atoms with E-state index >= 15 is 0 Å². The van der Waals surface area contributed by atoms with Gasteiger partial charge in [0.05, 0.1) is 12.1 Å². The van der Waals surface area contributed by atoms with E-state index in [1.807, 2.05) is 6.92 Å². The van der Waals surface area contributed by atoms with Crippen molar-refractivity contribution < 1.29 is 13.8 Å². The fourth-order valence-electron chi connectivity index (χ4n) is 2.26. The van der Waals surface area contributed by atoms with Gasteiger partial charge in [-0.15, -0.1) is 0 Å². The Morgan fingerprint density at radius 2 is 1.96 bits per heavy atom. The smallest absolute Gasteiger partial charge is 0.258 e. The molecule has 8 heteroatoms. The number of amides is 1. The first kappa shape index (κ1) is 15.9. The molecule has 0 unspecified atom stereocenters. The predicted molar refractivity (Wildman–Crippen MR) is 83.9 cm³/mol. The highest BCUT2D eigenvalue weighted by molar-refractivity contribution is 5.78. The topological polar surface area (TPSA) is 107 Å². The molecule has 3 aromatic rings. The second-order valence-corrected chi connectivity index (χ2v) is 5.33. The van der Waals surface area contributed by atoms with Crippen molar-refractivity contribution in [2.75, 3.05) is 6.54 Å². The maximum atomic E-state index is 12.0. The Labute approximate surface area is 138 Å². The van der Waals surface area contributed by atoms with Crippen molar-refractivity contribution in [2.24, 2.45) is 0 Å². The van der Waals surface area contributed by atoms with Gasteiger partial charge in [0.1, 0.15) is 5.76 Å². The van der Waals surface area contributed by atoms with Crippen LogP contribution in [-0.4, -0.2) is 32.7 Å². The molecule has 3 rings (SSSR count). The lowest BCUT2D eigenvalue weighted by Crippen LogP contribution is -2.27. The maximum absolute atomic E-state index is 12.0. The van der Waals surface area contributed by atoms with Crippen molar-refractivity contribution in [1.29, 1.82) is 0 Å². The number of carbonyl (C=O) groups excluding carboxylic acids is 1. The molecule has 3 heterocycles. The van der Waals surface area contributed by atoms with Crippen LogP contribution in [0.25, 0.3) is 11.5 Å². The van der Waals surface area contributed by atoms with Gasteiger partial charge in [0.2, 0.25) is 5.91 Å². The summed E-state index contributed by atoms with van der Waals surface area (Å²) < 4.78 is 10.3. The van der Waals surface area contributed by atoms with Gasteiger partial charge in [0.15, 0.2) is 5.82 Å². The molecule has 0 saturated heterocycles. The molecule has 8 nitrogen and oxygen atoms in total. The number of pyridine rings is 1. The van der Waals surface area contributed by atoms with Gasteiger partial charge in [0, 0.05) is 36.5 Å². The van der Waals surface area contributed by atoms with Crippen molar-refractivity contribution >= 4 is 5.91 Å². The molecule has 0 aliphatic carbocycles. The van der Waals surface area contributed by atoms with Gasteiger partial charge in [-0.3, -0.25) is 9.78 Å². The molecule has 0 aliphatic heterocycles. The van der Waals surface area contributed by atoms with Crippen molar-refractivity contribution in [3.05, 3.63) is 47.4 Å². The summed E-state index contributed by atoms with van der Waals surface area (Å²) >= 11 is 0. The van der Waals surface area contributed by atoms with E-state index in [1.54, 1.807) is 31.5 Å². The Balaban J connectivity index is 1.50. The fraction of sp³-hybridized carbons (Fsp3) is 0.312. The lowest BCUT2D eigenvalue weighted by Gasteiger charge is -2.03. The molecule has 0 aliphatic rings. The largest absolute Gasteiger partial charge is 0.361 e. The van der Waals surface area contributed by atoms with E-state index in [-0.39, 0.29) is 12.3 Å². The van der Waals surface area contributed by atoms with Crippen LogP contribution < -0.4 is 5.32 Å². The molecule has 1 amide bonds. The summed E-state index contributed by atoms with van der Waals surface area (Å²) in [5.41, 5.74) is 2.38. The van der Waals surface area contributed by atoms with Crippen LogP contribution in [0.4, 0.5) is 0 Å². The van der Waals surface area contributed by atoms with Crippen molar-refractivity contribution in [3.63, 3.8) is 0 Å². The Morgan fingerprint density at radius 1 is 1.17 bits per heavy atom. The Hall–Kier alpha value is -3.03. The van der Waals surface area contributed by atoms with Gasteiger partial charge in [-0.25, -0.2) is 0 Å². The summed E-state index contributed by atoms with van der Waals surface area (Å²) in [4.78, 5) is 20.2. The van der Waals surface area contributed by atoms with E-state index in [1.165, 1.54) is 0 Å². The molecule has 0 aromatic carbocycles. The zero-order valence-electron chi connectivity index (χ0n) is 13.4. The molecule has 1 N–H and O–H groups in total. The van der Waals surface area contributed by atoms with E-state index in [0.717, 1.165) is 16.8 Å². The monoisotopic (exact) mass is 327 g/mol. The number of nitrogens with zero attached hydrogens (tertiary/aromatic N) is 4. The van der Waals surface area contributed by atoms with Crippen LogP contribution in [0.1, 0.15) is 22.8 Å². The number of hydrogen-bond donors (Lipinski definition) is 1. The standard InChI is InChI=1S/C16H17N5O3/c1-10-13(11(2)23-20-10)9-15(22)18-8-5-14-19-16(24-21-14)12-3-6-17-7-4-12/h3-4,6-7H,5,8-9H2,1-2H3,(H,18,22). The Bertz CT molecular complexity index is 806. The highest BCUT2D eigenvalue weighted by Gasteiger charge is 2.13. The normalized spacial score (nSPS) is 10.8. The quantitative estimate of drug-likeness (QED) is 0.733. The molecular formula is C16H17N5O3. The number of rotatable bonds is 6. The van der Waals surface area contributed by atoms with Crippen LogP contribution in [-0.2, 0) is 17.6 Å². The van der Waals surface area contributed by atoms with Gasteiger partial charge < -0.3 is 14.4 Å². The summed E-state index contributed by atoms with van der Waals surface area (Å²) in [6.45, 7) is 4.04. The second kappa shape index (κ2) is 7.03. The molecule has 0 radical (unpaired) electrons. The zero-order chi connectivity index (χ0) is 16.9. The van der Waals surface area contributed by atoms with Crippen LogP contribution in [0.2, 0.25) is 0 Å². The van der Waals surface area contributed by atoms with Crippen LogP contribution in [0.15, 0.2) is 33.6 Å². The Morgan fingerprint density at radius 3 is 2.67 bits per heavy atom. The fourth-order valence-corrected chi connectivity index (χ4v) is 2.26. The molecule has 0 spiro atoms. The lowest BCUT2D eigenvalue weighted by molar-refractivity contribution is -0.120. The molecule has 0 bridgehead atoms. The molecule has 0 saturated carbocycles. The average Bonchev–Trinajstić information content (AvgIpc) is 3.18. The average molecular weight is 327 g/mol. The van der Waals surface area contributed by atoms with Crippen molar-refractivity contribution in [3.8, 4) is 11.5 Å². The summed E-state index contributed by atoms with van der Waals surface area (Å²) in [6.07, 6.45) is 4.06. The van der Waals surface area contributed by atoms with Crippen molar-refractivity contribution in [2.45, 2.75) is 26.7 Å². The van der Waals surface area contributed by atoms with Gasteiger partial charge in [0.25, 0.3) is 5.89 Å². The third-order valence-corrected chi connectivity index (χ3v) is 3.58. The second-order valence-electron chi connectivity index (χ2n) is 5.33. The summed E-state index contributed by atoms with van der Waals surface area (Å²) in [7, 11) is 0. The third-order valence-electron chi connectivity index (χ3n) is 3.58. The van der Waals surface area contributed by atoms with Gasteiger partial charge in [-0.2, -0.15) is 4.98 Å². The van der Waals surface area contributed by atoms with E-state index < -0.39 is 0 Å². The van der Waals surface area contributed by atoms with Gasteiger partial charge in [-0.05, 0) is 26.0 Å². The predicted octanol–water partition coefficient (Wildman–Crippen LogP) is 1.64. The summed E-state index contributed by atoms with van der Waals surface area (Å²) in [6, 6.07) is 3.59. The SMILES string of the molecule is Cc1noc(C)c1CC(=O)NCCc1noc(-c2ccncc2)n1. The van der Waals surface area contributed by atoms with Crippen molar-refractivity contribution in [1.82, 2.24) is 25.6 Å². The van der Waals surface area contributed by atoms with Crippen LogP contribution in [0.3, 0.4) is 0 Å². The molecule has 0 atom stereocenters. The summed E-state index contributed by atoms with van der Waals surface area (Å²) in [5, 5.41) is 10.6. The number of hydrogen-bond acceptors (Lipinski definition) is 7. The van der Waals surface area contributed by atoms with E-state index in [0.29, 0.717) is 30.4 Å². The lowest BCUT2D eigenvalue weighted by atomic mass is 10.1. The molecular weight excluding hydrogens is 310 g/mol. The highest BCUT2D eigenvalue weighted by Crippen LogP contribution is 2.15. The van der Waals surface area contributed by atoms with Crippen LogP contribution in [0.5, 0.6) is 0 Å². The Kier molecular flexibility index (Phi) is 4.64. The first-order valence-electron chi connectivity index (χ1n) is 7.55. The minimum Gasteiger partial charge on any atom is -0.361 e. The molecule has 3 aromatic heterocycles. The number of nitrogens with one attached hydrogen (secondary N) is 1. The minimum atomic E-state index is -0.0951. The van der Waals surface area contributed by atoms with Crippen LogP contribution in [0, 0.1) is 13.8 Å². The van der Waals surface area contributed by atoms with E-state index in [2.05, 4.69) is 25.6 Å². The zero-order valence-corrected chi connectivity index (χ0v) is 13.4. The number of aromatic nitrogens is 4. The van der Waals surface area contributed by atoms with Gasteiger partial charge >= 0.3 is 0 Å². The van der Waals surface area contributed by atoms with Gasteiger partial charge in [-0.1, -0.05) is 10.3 Å². The summed E-state index contributed by atoms with van der Waals surface area (Å²) in [5.74, 6) is 1.55. The van der Waals surface area contributed by atoms with Crippen LogP contribution >= 0.6 is 0 Å². The van der Waals surface area contributed by atoms with E-state index in [9.17, 15) is 4.79 Å². The highest BCUT2D eigenvalue weighted by atomic mass is 16.5. The molecule has 124 valence electrons. The third kappa shape index (κ3) is 3.65. The first-order valence-corrected chi connectivity index (χ1v) is 7.55. The minimum absolute atomic E-state index is 0.0951. The number of carbonyl (C=O) groups is 1. The first-order chi connectivity index (χ1) is 11.6.